The lowest BCUT2D eigenvalue weighted by Crippen LogP contribution is -2.32. The minimum Gasteiger partial charge on any atom is -0.286 e. The molecule has 0 unspecified atom stereocenters. The number of nitrogens with zero attached hydrogens (tertiary/aromatic N) is 1. The Morgan fingerprint density at radius 1 is 0.528 bits per heavy atom. The summed E-state index contributed by atoms with van der Waals surface area (Å²) in [6, 6.07) is 0. The van der Waals surface area contributed by atoms with Crippen molar-refractivity contribution in [1.82, 2.24) is 0 Å². The van der Waals surface area contributed by atoms with Gasteiger partial charge in [0.2, 0.25) is 0 Å². The quantitative estimate of drug-likeness (QED) is 0.0693. The van der Waals surface area contributed by atoms with Crippen molar-refractivity contribution in [2.24, 2.45) is 0 Å². The van der Waals surface area contributed by atoms with E-state index in [-0.39, 0.29) is 5.75 Å². The highest BCUT2D eigenvalue weighted by molar-refractivity contribution is 7.85. The minimum absolute atomic E-state index is 0.156. The summed E-state index contributed by atoms with van der Waals surface area (Å²) in [6.45, 7) is 7.57. The van der Waals surface area contributed by atoms with E-state index < -0.39 is 10.1 Å². The van der Waals surface area contributed by atoms with E-state index in [1.807, 2.05) is 0 Å². The molecule has 0 spiro atoms. The maximum atomic E-state index is 11.2. The topological polar surface area (TPSA) is 54.4 Å². The van der Waals surface area contributed by atoms with Crippen molar-refractivity contribution in [1.29, 1.82) is 0 Å². The van der Waals surface area contributed by atoms with Crippen molar-refractivity contribution >= 4 is 10.1 Å². The summed E-state index contributed by atoms with van der Waals surface area (Å²) in [5, 5.41) is 0. The fourth-order valence-electron chi connectivity index (χ4n) is 4.45. The highest BCUT2D eigenvalue weighted by Gasteiger charge is 2.19. The van der Waals surface area contributed by atoms with Crippen molar-refractivity contribution in [3.05, 3.63) is 36.8 Å². The first-order valence-electron chi connectivity index (χ1n) is 15.2. The fraction of sp³-hybridized carbons (Fsp3) is 0.806. The Labute approximate surface area is 225 Å². The van der Waals surface area contributed by atoms with Gasteiger partial charge in [0.15, 0.2) is 0 Å². The Kier molecular flexibility index (Phi) is 23.8. The predicted molar refractivity (Wildman–Crippen MR) is 158 cm³/mol. The average molecular weight is 527 g/mol. The third-order valence-corrected chi connectivity index (χ3v) is 7.57. The maximum Gasteiger partial charge on any atom is 0.264 e. The van der Waals surface area contributed by atoms with Gasteiger partial charge in [-0.25, -0.2) is 4.48 Å². The normalized spacial score (nSPS) is 13.1. The number of hydrogen-bond acceptors (Lipinski definition) is 2. The Bertz CT molecular complexity index is 607. The molecule has 0 aliphatic heterocycles. The van der Waals surface area contributed by atoms with Crippen LogP contribution in [0.15, 0.2) is 36.8 Å². The van der Waals surface area contributed by atoms with Gasteiger partial charge in [-0.1, -0.05) is 97.8 Å². The van der Waals surface area contributed by atoms with Gasteiger partial charge in [0, 0.05) is 0 Å². The molecule has 0 heterocycles. The summed E-state index contributed by atoms with van der Waals surface area (Å²) in [6.07, 6.45) is 37.7. The van der Waals surface area contributed by atoms with Crippen molar-refractivity contribution in [3.8, 4) is 0 Å². The van der Waals surface area contributed by atoms with Gasteiger partial charge in [-0.05, 0) is 69.6 Å². The van der Waals surface area contributed by atoms with Gasteiger partial charge in [0.25, 0.3) is 10.1 Å². The second kappa shape index (κ2) is 24.4. The first-order valence-corrected chi connectivity index (χ1v) is 16.9. The van der Waals surface area contributed by atoms with Gasteiger partial charge in [-0.3, -0.25) is 4.55 Å². The number of unbranched alkanes of at least 4 members (excludes halogenated alkanes) is 16. The van der Waals surface area contributed by atoms with Gasteiger partial charge in [-0.2, -0.15) is 8.42 Å². The van der Waals surface area contributed by atoms with Crippen molar-refractivity contribution in [2.45, 2.75) is 149 Å². The average Bonchev–Trinajstić information content (AvgIpc) is 2.84. The molecule has 4 nitrogen and oxygen atoms in total. The van der Waals surface area contributed by atoms with E-state index in [4.69, 9.17) is 4.55 Å². The van der Waals surface area contributed by atoms with E-state index >= 15 is 0 Å². The molecular weight excluding hydrogens is 466 g/mol. The zero-order chi connectivity index (χ0) is 26.8. The van der Waals surface area contributed by atoms with Crippen LogP contribution in [0.4, 0.5) is 0 Å². The Hall–Kier alpha value is -0.910. The van der Waals surface area contributed by atoms with Crippen LogP contribution in [0.2, 0.25) is 0 Å². The lowest BCUT2D eigenvalue weighted by molar-refractivity contribution is -0.774. The highest BCUT2D eigenvalue weighted by Crippen LogP contribution is 2.19. The van der Waals surface area contributed by atoms with Gasteiger partial charge in [0.05, 0.1) is 12.3 Å². The number of allylic oxidation sites excluding steroid dienone is 3. The highest BCUT2D eigenvalue weighted by atomic mass is 32.2. The first-order chi connectivity index (χ1) is 17.4. The zero-order valence-electron chi connectivity index (χ0n) is 24.1. The van der Waals surface area contributed by atoms with Crippen molar-refractivity contribution in [3.63, 3.8) is 0 Å². The van der Waals surface area contributed by atoms with Gasteiger partial charge >= 0.3 is 0 Å². The van der Waals surface area contributed by atoms with E-state index in [0.29, 0.717) is 10.9 Å². The van der Waals surface area contributed by atoms with Crippen LogP contribution in [0.5, 0.6) is 0 Å². The third-order valence-electron chi connectivity index (χ3n) is 6.77. The Balaban J connectivity index is 5.27. The number of rotatable bonds is 26. The molecule has 0 saturated carbocycles. The molecule has 0 saturated heterocycles. The minimum atomic E-state index is -3.90. The molecule has 0 rings (SSSR count). The molecule has 0 aromatic heterocycles. The van der Waals surface area contributed by atoms with Crippen LogP contribution < -0.4 is 0 Å². The largest absolute Gasteiger partial charge is 0.286 e. The molecule has 0 radical (unpaired) electrons. The van der Waals surface area contributed by atoms with E-state index in [1.54, 1.807) is 0 Å². The number of quaternary nitrogens is 1. The molecule has 0 aliphatic rings. The summed E-state index contributed by atoms with van der Waals surface area (Å²) in [7, 11) is -3.90. The lowest BCUT2D eigenvalue weighted by atomic mass is 10.1. The molecule has 5 heteroatoms. The van der Waals surface area contributed by atoms with Crippen LogP contribution in [0, 0.1) is 0 Å². The molecular formula is C31H60NO3S+. The van der Waals surface area contributed by atoms with E-state index in [0.717, 1.165) is 32.2 Å². The molecule has 0 aliphatic carbocycles. The summed E-state index contributed by atoms with van der Waals surface area (Å²) < 4.78 is 32.2. The van der Waals surface area contributed by atoms with Crippen LogP contribution >= 0.6 is 0 Å². The molecule has 0 amide bonds. The summed E-state index contributed by atoms with van der Waals surface area (Å²) in [5.74, 6) is -0.156. The van der Waals surface area contributed by atoms with Crippen molar-refractivity contribution in [2.75, 3.05) is 12.3 Å². The number of hydrogen-bond donors (Lipinski definition) is 1. The summed E-state index contributed by atoms with van der Waals surface area (Å²) in [4.78, 5) is 0. The maximum absolute atomic E-state index is 11.2. The van der Waals surface area contributed by atoms with Crippen LogP contribution in [0.3, 0.4) is 0 Å². The predicted octanol–water partition coefficient (Wildman–Crippen LogP) is 10.1. The van der Waals surface area contributed by atoms with Crippen LogP contribution in [-0.4, -0.2) is 29.8 Å². The second-order valence-corrected chi connectivity index (χ2v) is 12.0. The molecule has 0 bridgehead atoms. The molecule has 0 atom stereocenters. The van der Waals surface area contributed by atoms with Gasteiger partial charge < -0.3 is 0 Å². The molecule has 1 N–H and O–H groups in total. The fourth-order valence-corrected chi connectivity index (χ4v) is 5.02. The van der Waals surface area contributed by atoms with E-state index in [2.05, 4.69) is 57.6 Å². The standard InChI is InChI=1S/C31H59NO3S/c1-4-7-10-13-16-19-22-27-32(30-25-26-31-36(33,34)35,28-23-20-17-14-11-8-5-2)29-24-21-18-15-12-9-6-3/h22-24,27-29H,4-21,25-26,30-31H2,1-3H3/p+1/b27-22+,28-23+,29-24+. The Morgan fingerprint density at radius 3 is 1.22 bits per heavy atom. The van der Waals surface area contributed by atoms with Crippen LogP contribution in [0.25, 0.3) is 0 Å². The monoisotopic (exact) mass is 526 g/mol. The van der Waals surface area contributed by atoms with Gasteiger partial charge in [0.1, 0.15) is 18.6 Å². The summed E-state index contributed by atoms with van der Waals surface area (Å²) >= 11 is 0. The zero-order valence-corrected chi connectivity index (χ0v) is 25.0. The summed E-state index contributed by atoms with van der Waals surface area (Å²) in [5.41, 5.74) is 0. The van der Waals surface area contributed by atoms with Crippen molar-refractivity contribution < 1.29 is 17.5 Å². The molecule has 0 aromatic rings. The smallest absolute Gasteiger partial charge is 0.264 e. The SMILES string of the molecule is CCCCCCC/C=C/[N+](/C=C/CCCCCCC)(/C=C/CCCCCCC)CCCCS(=O)(=O)O. The molecule has 212 valence electrons. The second-order valence-electron chi connectivity index (χ2n) is 10.5. The van der Waals surface area contributed by atoms with Crippen LogP contribution in [-0.2, 0) is 10.1 Å². The van der Waals surface area contributed by atoms with Gasteiger partial charge in [-0.15, -0.1) is 0 Å². The lowest BCUT2D eigenvalue weighted by Gasteiger charge is -2.27. The molecule has 36 heavy (non-hydrogen) atoms. The van der Waals surface area contributed by atoms with E-state index in [9.17, 15) is 8.42 Å². The molecule has 0 fully saturated rings. The Morgan fingerprint density at radius 2 is 0.889 bits per heavy atom. The third kappa shape index (κ3) is 23.5. The molecule has 0 aromatic carbocycles. The van der Waals surface area contributed by atoms with Crippen LogP contribution in [0.1, 0.15) is 149 Å². The van der Waals surface area contributed by atoms with E-state index in [1.165, 1.54) is 96.3 Å². The first kappa shape index (κ1) is 35.1.